The van der Waals surface area contributed by atoms with Crippen LogP contribution in [-0.4, -0.2) is 4.98 Å². The lowest BCUT2D eigenvalue weighted by Gasteiger charge is -1.94. The summed E-state index contributed by atoms with van der Waals surface area (Å²) in [5, 5.41) is 0.758. The zero-order valence-electron chi connectivity index (χ0n) is 8.10. The number of rotatable bonds is 2. The summed E-state index contributed by atoms with van der Waals surface area (Å²) < 4.78 is 0. The topological polar surface area (TPSA) is 12.9 Å². The van der Waals surface area contributed by atoms with E-state index >= 15 is 0 Å². The largest absolute Gasteiger partial charge is 0.264 e. The van der Waals surface area contributed by atoms with E-state index in [0.29, 0.717) is 0 Å². The molecule has 2 rings (SSSR count). The molecule has 0 N–H and O–H groups in total. The summed E-state index contributed by atoms with van der Waals surface area (Å²) in [7, 11) is 0. The summed E-state index contributed by atoms with van der Waals surface area (Å²) in [6.45, 7) is 0. The lowest BCUT2D eigenvalue weighted by Crippen LogP contribution is -1.74. The maximum atomic E-state index is 5.79. The van der Waals surface area contributed by atoms with Crippen LogP contribution in [-0.2, 0) is 0 Å². The van der Waals surface area contributed by atoms with Crippen molar-refractivity contribution in [2.75, 3.05) is 0 Å². The number of nitrogens with zero attached hydrogens (tertiary/aromatic N) is 1. The fourth-order valence-corrected chi connectivity index (χ4v) is 1.37. The van der Waals surface area contributed by atoms with Crippen molar-refractivity contribution in [2.24, 2.45) is 0 Å². The molecule has 0 atom stereocenters. The molecule has 2 aromatic rings. The summed E-state index contributed by atoms with van der Waals surface area (Å²) >= 11 is 5.79. The third-order valence-corrected chi connectivity index (χ3v) is 2.27. The van der Waals surface area contributed by atoms with E-state index in [1.165, 1.54) is 0 Å². The van der Waals surface area contributed by atoms with E-state index in [9.17, 15) is 0 Å². The molecule has 0 unspecified atom stereocenters. The van der Waals surface area contributed by atoms with Crippen LogP contribution in [0.15, 0.2) is 48.8 Å². The molecule has 0 amide bonds. The summed E-state index contributed by atoms with van der Waals surface area (Å²) in [6, 6.07) is 11.7. The van der Waals surface area contributed by atoms with Gasteiger partial charge in [-0.3, -0.25) is 4.98 Å². The van der Waals surface area contributed by atoms with Gasteiger partial charge in [-0.25, -0.2) is 0 Å². The van der Waals surface area contributed by atoms with Crippen molar-refractivity contribution in [1.82, 2.24) is 4.98 Å². The van der Waals surface area contributed by atoms with Crippen LogP contribution < -0.4 is 0 Å². The normalized spacial score (nSPS) is 10.7. The molecule has 1 aromatic heterocycles. The summed E-state index contributed by atoms with van der Waals surface area (Å²) in [4.78, 5) is 4.04. The Morgan fingerprint density at radius 1 is 0.933 bits per heavy atom. The molecular weight excluding hydrogens is 206 g/mol. The van der Waals surface area contributed by atoms with Crippen LogP contribution in [0.2, 0.25) is 5.02 Å². The molecular formula is C13H10ClN. The first-order valence-electron chi connectivity index (χ1n) is 4.68. The van der Waals surface area contributed by atoms with Gasteiger partial charge in [0, 0.05) is 17.4 Å². The van der Waals surface area contributed by atoms with Crippen LogP contribution >= 0.6 is 11.6 Å². The second kappa shape index (κ2) is 4.76. The van der Waals surface area contributed by atoms with E-state index in [-0.39, 0.29) is 0 Å². The molecule has 0 saturated heterocycles. The van der Waals surface area contributed by atoms with Crippen LogP contribution in [0.1, 0.15) is 11.1 Å². The molecule has 0 fully saturated rings. The molecule has 0 radical (unpaired) electrons. The molecule has 1 aromatic carbocycles. The second-order valence-electron chi connectivity index (χ2n) is 3.17. The van der Waals surface area contributed by atoms with Crippen LogP contribution in [0.3, 0.4) is 0 Å². The van der Waals surface area contributed by atoms with E-state index in [2.05, 4.69) is 4.98 Å². The molecule has 74 valence electrons. The van der Waals surface area contributed by atoms with Crippen molar-refractivity contribution in [2.45, 2.75) is 0 Å². The Bertz CT molecular complexity index is 446. The first-order valence-corrected chi connectivity index (χ1v) is 5.06. The van der Waals surface area contributed by atoms with Crippen molar-refractivity contribution in [3.63, 3.8) is 0 Å². The minimum absolute atomic E-state index is 0.758. The summed E-state index contributed by atoms with van der Waals surface area (Å²) in [5.74, 6) is 0. The van der Waals surface area contributed by atoms with Crippen LogP contribution in [0.5, 0.6) is 0 Å². The molecule has 0 aliphatic rings. The van der Waals surface area contributed by atoms with Gasteiger partial charge in [0.05, 0.1) is 0 Å². The van der Waals surface area contributed by atoms with E-state index < -0.39 is 0 Å². The molecule has 0 bridgehead atoms. The van der Waals surface area contributed by atoms with Gasteiger partial charge in [0.1, 0.15) is 0 Å². The summed E-state index contributed by atoms with van der Waals surface area (Å²) in [6.07, 6.45) is 7.65. The Kier molecular flexibility index (Phi) is 3.15. The van der Waals surface area contributed by atoms with Gasteiger partial charge in [-0.05, 0) is 29.3 Å². The van der Waals surface area contributed by atoms with Crippen molar-refractivity contribution in [3.8, 4) is 0 Å². The predicted octanol–water partition coefficient (Wildman–Crippen LogP) is 3.91. The van der Waals surface area contributed by atoms with Gasteiger partial charge in [-0.2, -0.15) is 0 Å². The van der Waals surface area contributed by atoms with Gasteiger partial charge in [0.25, 0.3) is 0 Å². The quantitative estimate of drug-likeness (QED) is 0.740. The predicted molar refractivity (Wildman–Crippen MR) is 64.6 cm³/mol. The maximum absolute atomic E-state index is 5.79. The van der Waals surface area contributed by atoms with Crippen LogP contribution in [0.4, 0.5) is 0 Å². The minimum atomic E-state index is 0.758. The molecule has 0 spiro atoms. The third kappa shape index (κ3) is 2.93. The Balaban J connectivity index is 2.15. The fraction of sp³-hybridized carbons (Fsp3) is 0. The maximum Gasteiger partial charge on any atom is 0.0406 e. The Hall–Kier alpha value is -1.60. The summed E-state index contributed by atoms with van der Waals surface area (Å²) in [5.41, 5.74) is 2.22. The number of hydrogen-bond acceptors (Lipinski definition) is 1. The van der Waals surface area contributed by atoms with E-state index in [1.807, 2.05) is 54.7 Å². The van der Waals surface area contributed by atoms with Crippen molar-refractivity contribution >= 4 is 23.8 Å². The van der Waals surface area contributed by atoms with Crippen LogP contribution in [0, 0.1) is 0 Å². The number of halogens is 1. The lowest BCUT2D eigenvalue weighted by atomic mass is 10.2. The number of aromatic nitrogens is 1. The molecule has 2 heteroatoms. The molecule has 0 saturated carbocycles. The van der Waals surface area contributed by atoms with Gasteiger partial charge in [0.15, 0.2) is 0 Å². The van der Waals surface area contributed by atoms with E-state index in [0.717, 1.165) is 16.1 Å². The Morgan fingerprint density at radius 2 is 1.67 bits per heavy atom. The highest BCUT2D eigenvalue weighted by Crippen LogP contribution is 2.12. The molecule has 0 aliphatic heterocycles. The van der Waals surface area contributed by atoms with E-state index in [4.69, 9.17) is 11.6 Å². The molecule has 0 aliphatic carbocycles. The smallest absolute Gasteiger partial charge is 0.0406 e. The molecule has 15 heavy (non-hydrogen) atoms. The molecule has 1 heterocycles. The zero-order valence-corrected chi connectivity index (χ0v) is 8.85. The van der Waals surface area contributed by atoms with Gasteiger partial charge >= 0.3 is 0 Å². The highest BCUT2D eigenvalue weighted by Gasteiger charge is 1.88. The fourth-order valence-electron chi connectivity index (χ4n) is 1.24. The van der Waals surface area contributed by atoms with E-state index in [1.54, 1.807) is 6.20 Å². The Morgan fingerprint density at radius 3 is 2.33 bits per heavy atom. The van der Waals surface area contributed by atoms with Gasteiger partial charge in [0.2, 0.25) is 0 Å². The van der Waals surface area contributed by atoms with Crippen molar-refractivity contribution in [1.29, 1.82) is 0 Å². The number of benzene rings is 1. The van der Waals surface area contributed by atoms with Crippen molar-refractivity contribution < 1.29 is 0 Å². The van der Waals surface area contributed by atoms with Gasteiger partial charge < -0.3 is 0 Å². The van der Waals surface area contributed by atoms with Gasteiger partial charge in [-0.1, -0.05) is 42.0 Å². The second-order valence-corrected chi connectivity index (χ2v) is 3.61. The van der Waals surface area contributed by atoms with Gasteiger partial charge in [-0.15, -0.1) is 0 Å². The van der Waals surface area contributed by atoms with Crippen molar-refractivity contribution in [3.05, 3.63) is 64.9 Å². The number of hydrogen-bond donors (Lipinski definition) is 0. The third-order valence-electron chi connectivity index (χ3n) is 2.02. The lowest BCUT2D eigenvalue weighted by molar-refractivity contribution is 1.32. The average Bonchev–Trinajstić information content (AvgIpc) is 2.30. The SMILES string of the molecule is Clc1ccc(/C=C/c2cccnc2)cc1. The first kappa shape index (κ1) is 9.94. The highest BCUT2D eigenvalue weighted by atomic mass is 35.5. The number of pyridine rings is 1. The standard InChI is InChI=1S/C13H10ClN/c14-13-7-5-11(6-8-13)3-4-12-2-1-9-15-10-12/h1-10H/b4-3+. The molecule has 1 nitrogen and oxygen atoms in total. The first-order chi connectivity index (χ1) is 7.34. The zero-order chi connectivity index (χ0) is 10.5. The highest BCUT2D eigenvalue weighted by molar-refractivity contribution is 6.30. The minimum Gasteiger partial charge on any atom is -0.264 e. The monoisotopic (exact) mass is 215 g/mol. The van der Waals surface area contributed by atoms with Crippen LogP contribution in [0.25, 0.3) is 12.2 Å². The average molecular weight is 216 g/mol. The Labute approximate surface area is 94.1 Å².